The van der Waals surface area contributed by atoms with E-state index in [1.807, 2.05) is 18.2 Å². The molecule has 1 aromatic carbocycles. The van der Waals surface area contributed by atoms with Crippen molar-refractivity contribution in [3.05, 3.63) is 28.2 Å². The van der Waals surface area contributed by atoms with Crippen molar-refractivity contribution in [2.45, 2.75) is 20.4 Å². The largest absolute Gasteiger partial charge is 0.496 e. The summed E-state index contributed by atoms with van der Waals surface area (Å²) >= 11 is 3.47. The monoisotopic (exact) mass is 313 g/mol. The molecule has 0 aromatic heterocycles. The van der Waals surface area contributed by atoms with Crippen LogP contribution in [0.4, 0.5) is 0 Å². The predicted octanol–water partition coefficient (Wildman–Crippen LogP) is 2.53. The van der Waals surface area contributed by atoms with E-state index in [-0.39, 0.29) is 0 Å². The van der Waals surface area contributed by atoms with Gasteiger partial charge in [-0.15, -0.1) is 0 Å². The Morgan fingerprint density at radius 3 is 2.44 bits per heavy atom. The second-order valence-corrected chi connectivity index (χ2v) is 4.55. The minimum Gasteiger partial charge on any atom is -0.496 e. The number of rotatable bonds is 5. The van der Waals surface area contributed by atoms with Crippen LogP contribution in [-0.4, -0.2) is 26.2 Å². The maximum Gasteiger partial charge on any atom is 0.191 e. The van der Waals surface area contributed by atoms with E-state index < -0.39 is 0 Å². The number of aliphatic imine (C=N–C) groups is 1. The van der Waals surface area contributed by atoms with Crippen LogP contribution in [0.3, 0.4) is 0 Å². The fraction of sp³-hybridized carbons (Fsp3) is 0.462. The summed E-state index contributed by atoms with van der Waals surface area (Å²) in [5.41, 5.74) is 1.14. The molecular formula is C13H20BrN3O. The molecular weight excluding hydrogens is 294 g/mol. The fourth-order valence-corrected chi connectivity index (χ4v) is 2.08. The smallest absolute Gasteiger partial charge is 0.191 e. The summed E-state index contributed by atoms with van der Waals surface area (Å²) < 4.78 is 6.15. The quantitative estimate of drug-likeness (QED) is 0.648. The van der Waals surface area contributed by atoms with Gasteiger partial charge in [0, 0.05) is 13.1 Å². The lowest BCUT2D eigenvalue weighted by Crippen LogP contribution is -2.36. The minimum atomic E-state index is 0.637. The average molecular weight is 314 g/mol. The first kappa shape index (κ1) is 14.8. The molecule has 2 N–H and O–H groups in total. The predicted molar refractivity (Wildman–Crippen MR) is 79.2 cm³/mol. The minimum absolute atomic E-state index is 0.637. The van der Waals surface area contributed by atoms with E-state index in [9.17, 15) is 0 Å². The Hall–Kier alpha value is -1.23. The van der Waals surface area contributed by atoms with Crippen LogP contribution < -0.4 is 15.4 Å². The van der Waals surface area contributed by atoms with Crippen LogP contribution in [0.5, 0.6) is 5.75 Å². The third-order valence-electron chi connectivity index (χ3n) is 2.32. The van der Waals surface area contributed by atoms with E-state index in [4.69, 9.17) is 4.74 Å². The maximum absolute atomic E-state index is 5.20. The van der Waals surface area contributed by atoms with Crippen LogP contribution in [0.2, 0.25) is 0 Å². The van der Waals surface area contributed by atoms with Gasteiger partial charge in [-0.25, -0.2) is 4.99 Å². The Bertz CT molecular complexity index is 399. The second-order valence-electron chi connectivity index (χ2n) is 3.69. The third-order valence-corrected chi connectivity index (χ3v) is 2.94. The van der Waals surface area contributed by atoms with Crippen LogP contribution in [0, 0.1) is 0 Å². The van der Waals surface area contributed by atoms with Crippen molar-refractivity contribution in [3.8, 4) is 5.75 Å². The Kier molecular flexibility index (Phi) is 6.57. The number of benzene rings is 1. The molecule has 0 spiro atoms. The molecule has 0 aliphatic carbocycles. The summed E-state index contributed by atoms with van der Waals surface area (Å²) in [6, 6.07) is 5.98. The van der Waals surface area contributed by atoms with E-state index in [1.165, 1.54) is 0 Å². The molecule has 0 amide bonds. The van der Waals surface area contributed by atoms with Gasteiger partial charge in [-0.3, -0.25) is 0 Å². The molecule has 0 saturated heterocycles. The molecule has 0 radical (unpaired) electrons. The summed E-state index contributed by atoms with van der Waals surface area (Å²) in [6.07, 6.45) is 0. The molecule has 0 saturated carbocycles. The van der Waals surface area contributed by atoms with E-state index >= 15 is 0 Å². The Morgan fingerprint density at radius 2 is 1.94 bits per heavy atom. The fourth-order valence-electron chi connectivity index (χ4n) is 1.49. The van der Waals surface area contributed by atoms with Crippen LogP contribution in [0.25, 0.3) is 0 Å². The molecule has 0 unspecified atom stereocenters. The van der Waals surface area contributed by atoms with Crippen molar-refractivity contribution in [1.29, 1.82) is 0 Å². The third kappa shape index (κ3) is 4.56. The van der Waals surface area contributed by atoms with Crippen molar-refractivity contribution < 1.29 is 4.74 Å². The normalized spacial score (nSPS) is 9.78. The van der Waals surface area contributed by atoms with Gasteiger partial charge >= 0.3 is 0 Å². The highest BCUT2D eigenvalue weighted by atomic mass is 79.9. The highest BCUT2D eigenvalue weighted by Crippen LogP contribution is 2.25. The van der Waals surface area contributed by atoms with Gasteiger partial charge < -0.3 is 15.4 Å². The summed E-state index contributed by atoms with van der Waals surface area (Å²) in [6.45, 7) is 6.46. The van der Waals surface area contributed by atoms with Gasteiger partial charge in [-0.1, -0.05) is 6.07 Å². The SMILES string of the molecule is CCNC(=NCc1ccc(OC)c(Br)c1)NCC. The molecule has 18 heavy (non-hydrogen) atoms. The van der Waals surface area contributed by atoms with Crippen LogP contribution in [-0.2, 0) is 6.54 Å². The zero-order chi connectivity index (χ0) is 13.4. The topological polar surface area (TPSA) is 45.7 Å². The lowest BCUT2D eigenvalue weighted by molar-refractivity contribution is 0.412. The second kappa shape index (κ2) is 7.97. The zero-order valence-corrected chi connectivity index (χ0v) is 12.7. The molecule has 100 valence electrons. The highest BCUT2D eigenvalue weighted by molar-refractivity contribution is 9.10. The van der Waals surface area contributed by atoms with E-state index in [0.29, 0.717) is 6.54 Å². The van der Waals surface area contributed by atoms with Gasteiger partial charge in [0.25, 0.3) is 0 Å². The summed E-state index contributed by atoms with van der Waals surface area (Å²) in [5.74, 6) is 1.67. The van der Waals surface area contributed by atoms with Crippen molar-refractivity contribution >= 4 is 21.9 Å². The first-order valence-corrected chi connectivity index (χ1v) is 6.85. The number of guanidine groups is 1. The standard InChI is InChI=1S/C13H20BrN3O/c1-4-15-13(16-5-2)17-9-10-6-7-12(18-3)11(14)8-10/h6-8H,4-5,9H2,1-3H3,(H2,15,16,17). The van der Waals surface area contributed by atoms with Gasteiger partial charge in [0.2, 0.25) is 0 Å². The van der Waals surface area contributed by atoms with E-state index in [2.05, 4.69) is 45.4 Å². The summed E-state index contributed by atoms with van der Waals surface area (Å²) in [4.78, 5) is 4.50. The molecule has 1 aromatic rings. The molecule has 0 aliphatic rings. The molecule has 0 aliphatic heterocycles. The van der Waals surface area contributed by atoms with Gasteiger partial charge in [0.15, 0.2) is 5.96 Å². The lowest BCUT2D eigenvalue weighted by Gasteiger charge is -2.09. The van der Waals surface area contributed by atoms with Crippen LogP contribution in [0.15, 0.2) is 27.7 Å². The van der Waals surface area contributed by atoms with Gasteiger partial charge in [-0.05, 0) is 47.5 Å². The maximum atomic E-state index is 5.20. The molecule has 1 rings (SSSR count). The van der Waals surface area contributed by atoms with Gasteiger partial charge in [0.05, 0.1) is 18.1 Å². The molecule has 0 bridgehead atoms. The number of hydrogen-bond donors (Lipinski definition) is 2. The van der Waals surface area contributed by atoms with Gasteiger partial charge in [0.1, 0.15) is 5.75 Å². The first-order chi connectivity index (χ1) is 8.71. The summed E-state index contributed by atoms with van der Waals surface area (Å²) in [7, 11) is 1.66. The van der Waals surface area contributed by atoms with E-state index in [0.717, 1.165) is 34.8 Å². The molecule has 0 heterocycles. The van der Waals surface area contributed by atoms with Crippen molar-refractivity contribution in [2.24, 2.45) is 4.99 Å². The molecule has 0 atom stereocenters. The number of methoxy groups -OCH3 is 1. The summed E-state index contributed by atoms with van der Waals surface area (Å²) in [5, 5.41) is 6.39. The van der Waals surface area contributed by atoms with Gasteiger partial charge in [-0.2, -0.15) is 0 Å². The van der Waals surface area contributed by atoms with Crippen molar-refractivity contribution in [3.63, 3.8) is 0 Å². The van der Waals surface area contributed by atoms with Crippen molar-refractivity contribution in [2.75, 3.05) is 20.2 Å². The Labute approximate surface area is 117 Å². The molecule has 5 heteroatoms. The number of hydrogen-bond acceptors (Lipinski definition) is 2. The first-order valence-electron chi connectivity index (χ1n) is 6.05. The number of nitrogens with one attached hydrogen (secondary N) is 2. The highest BCUT2D eigenvalue weighted by Gasteiger charge is 2.01. The Morgan fingerprint density at radius 1 is 1.28 bits per heavy atom. The number of halogens is 1. The Balaban J connectivity index is 2.71. The van der Waals surface area contributed by atoms with Crippen molar-refractivity contribution in [1.82, 2.24) is 10.6 Å². The zero-order valence-electron chi connectivity index (χ0n) is 11.1. The molecule has 0 fully saturated rings. The lowest BCUT2D eigenvalue weighted by atomic mass is 10.2. The average Bonchev–Trinajstić information content (AvgIpc) is 2.36. The number of ether oxygens (including phenoxy) is 1. The molecule has 4 nitrogen and oxygen atoms in total. The van der Waals surface area contributed by atoms with E-state index in [1.54, 1.807) is 7.11 Å². The van der Waals surface area contributed by atoms with Crippen LogP contribution in [0.1, 0.15) is 19.4 Å². The number of nitrogens with zero attached hydrogens (tertiary/aromatic N) is 1. The van der Waals surface area contributed by atoms with Crippen LogP contribution >= 0.6 is 15.9 Å².